The lowest BCUT2D eigenvalue weighted by molar-refractivity contribution is -0.197. The predicted molar refractivity (Wildman–Crippen MR) is 115 cm³/mol. The van der Waals surface area contributed by atoms with Crippen molar-refractivity contribution in [2.75, 3.05) is 0 Å². The number of carbonyl (C=O) groups excluding carboxylic acids is 1. The van der Waals surface area contributed by atoms with Crippen molar-refractivity contribution in [2.24, 2.45) is 0 Å². The van der Waals surface area contributed by atoms with Crippen LogP contribution in [0, 0.1) is 11.3 Å². The molecule has 0 aromatic heterocycles. The van der Waals surface area contributed by atoms with E-state index in [4.69, 9.17) is 10.1 Å². The smallest absolute Gasteiger partial charge is 0.164 e. The maximum absolute atomic E-state index is 12.7. The molecule has 30 heavy (non-hydrogen) atoms. The zero-order valence-corrected chi connectivity index (χ0v) is 16.5. The molecule has 0 saturated carbocycles. The van der Waals surface area contributed by atoms with Crippen molar-refractivity contribution in [3.05, 3.63) is 119 Å². The van der Waals surface area contributed by atoms with Gasteiger partial charge in [0.25, 0.3) is 0 Å². The van der Waals surface area contributed by atoms with Crippen LogP contribution in [0.25, 0.3) is 0 Å². The molecule has 1 aliphatic rings. The molecule has 0 unspecified atom stereocenters. The SMILES string of the molecule is N#Cc1ccc([C@@H]2C(=O)C=C[C@H]2N(Cc2ccccc2)OCc2ccccc2)cc1. The molecule has 0 fully saturated rings. The Bertz CT molecular complexity index is 1050. The number of ketones is 1. The summed E-state index contributed by atoms with van der Waals surface area (Å²) in [5.41, 5.74) is 3.64. The molecule has 4 nitrogen and oxygen atoms in total. The van der Waals surface area contributed by atoms with Crippen LogP contribution in [0.5, 0.6) is 0 Å². The molecule has 0 saturated heterocycles. The molecule has 3 aromatic carbocycles. The highest BCUT2D eigenvalue weighted by atomic mass is 16.7. The third-order valence-corrected chi connectivity index (χ3v) is 5.26. The number of nitriles is 1. The van der Waals surface area contributed by atoms with Gasteiger partial charge in [-0.3, -0.25) is 9.63 Å². The topological polar surface area (TPSA) is 53.3 Å². The van der Waals surface area contributed by atoms with Crippen LogP contribution in [0.4, 0.5) is 0 Å². The van der Waals surface area contributed by atoms with Gasteiger partial charge in [0.15, 0.2) is 5.78 Å². The van der Waals surface area contributed by atoms with Crippen molar-refractivity contribution in [2.45, 2.75) is 25.1 Å². The van der Waals surface area contributed by atoms with Crippen molar-refractivity contribution in [3.63, 3.8) is 0 Å². The fourth-order valence-corrected chi connectivity index (χ4v) is 3.70. The average Bonchev–Trinajstić information content (AvgIpc) is 3.19. The lowest BCUT2D eigenvalue weighted by Crippen LogP contribution is -2.37. The van der Waals surface area contributed by atoms with Crippen LogP contribution in [0.3, 0.4) is 0 Å². The molecule has 4 heteroatoms. The molecule has 3 aromatic rings. The first-order valence-corrected chi connectivity index (χ1v) is 9.94. The van der Waals surface area contributed by atoms with Gasteiger partial charge >= 0.3 is 0 Å². The molecule has 4 rings (SSSR count). The van der Waals surface area contributed by atoms with Crippen molar-refractivity contribution in [1.82, 2.24) is 5.06 Å². The Morgan fingerprint density at radius 1 is 0.867 bits per heavy atom. The molecule has 0 spiro atoms. The summed E-state index contributed by atoms with van der Waals surface area (Å²) < 4.78 is 0. The van der Waals surface area contributed by atoms with Gasteiger partial charge in [-0.2, -0.15) is 10.3 Å². The van der Waals surface area contributed by atoms with E-state index in [1.807, 2.05) is 71.8 Å². The number of nitrogens with zero attached hydrogens (tertiary/aromatic N) is 2. The van der Waals surface area contributed by atoms with Crippen LogP contribution >= 0.6 is 0 Å². The van der Waals surface area contributed by atoms with E-state index in [2.05, 4.69) is 18.2 Å². The highest BCUT2D eigenvalue weighted by Gasteiger charge is 2.36. The molecule has 0 bridgehead atoms. The zero-order valence-electron chi connectivity index (χ0n) is 16.5. The Balaban J connectivity index is 1.60. The summed E-state index contributed by atoms with van der Waals surface area (Å²) in [4.78, 5) is 19.0. The van der Waals surface area contributed by atoms with E-state index in [1.54, 1.807) is 18.2 Å². The van der Waals surface area contributed by atoms with Crippen molar-refractivity contribution >= 4 is 5.78 Å². The Hall–Kier alpha value is -3.52. The van der Waals surface area contributed by atoms with E-state index in [0.717, 1.165) is 16.7 Å². The number of benzene rings is 3. The number of carbonyl (C=O) groups is 1. The van der Waals surface area contributed by atoms with Gasteiger partial charge in [0, 0.05) is 6.54 Å². The zero-order chi connectivity index (χ0) is 20.8. The Kier molecular flexibility index (Phi) is 6.14. The second-order valence-corrected chi connectivity index (χ2v) is 7.28. The second-order valence-electron chi connectivity index (χ2n) is 7.28. The first-order valence-electron chi connectivity index (χ1n) is 9.94. The third kappa shape index (κ3) is 4.55. The lowest BCUT2D eigenvalue weighted by Gasteiger charge is -2.31. The van der Waals surface area contributed by atoms with Gasteiger partial charge in [-0.15, -0.1) is 0 Å². The maximum Gasteiger partial charge on any atom is 0.164 e. The molecule has 0 amide bonds. The van der Waals surface area contributed by atoms with Gasteiger partial charge in [0.1, 0.15) is 0 Å². The van der Waals surface area contributed by atoms with Gasteiger partial charge in [0.05, 0.1) is 30.2 Å². The number of rotatable bonds is 7. The van der Waals surface area contributed by atoms with Crippen molar-refractivity contribution in [3.8, 4) is 6.07 Å². The molecule has 148 valence electrons. The summed E-state index contributed by atoms with van der Waals surface area (Å²) in [7, 11) is 0. The average molecular weight is 394 g/mol. The molecule has 0 N–H and O–H groups in total. The fourth-order valence-electron chi connectivity index (χ4n) is 3.70. The van der Waals surface area contributed by atoms with Gasteiger partial charge < -0.3 is 0 Å². The van der Waals surface area contributed by atoms with Crippen molar-refractivity contribution < 1.29 is 9.63 Å². The summed E-state index contributed by atoms with van der Waals surface area (Å²) in [6.45, 7) is 0.981. The van der Waals surface area contributed by atoms with Crippen LogP contribution in [0.15, 0.2) is 97.1 Å². The quantitative estimate of drug-likeness (QED) is 0.541. The Morgan fingerprint density at radius 2 is 1.50 bits per heavy atom. The summed E-state index contributed by atoms with van der Waals surface area (Å²) in [6, 6.07) is 29.2. The van der Waals surface area contributed by atoms with Gasteiger partial charge in [-0.1, -0.05) is 78.9 Å². The highest BCUT2D eigenvalue weighted by molar-refractivity contribution is 5.99. The van der Waals surface area contributed by atoms with Crippen molar-refractivity contribution in [1.29, 1.82) is 5.26 Å². The maximum atomic E-state index is 12.7. The third-order valence-electron chi connectivity index (χ3n) is 5.26. The first-order chi connectivity index (χ1) is 14.7. The van der Waals surface area contributed by atoms with Crippen LogP contribution < -0.4 is 0 Å². The molecular weight excluding hydrogens is 372 g/mol. The largest absolute Gasteiger partial charge is 0.294 e. The van der Waals surface area contributed by atoms with E-state index >= 15 is 0 Å². The second kappa shape index (κ2) is 9.32. The van der Waals surface area contributed by atoms with E-state index in [0.29, 0.717) is 18.7 Å². The summed E-state index contributed by atoms with van der Waals surface area (Å²) in [5, 5.41) is 11.0. The standard InChI is InChI=1S/C26H22N2O2/c27-17-20-11-13-23(14-12-20)26-24(15-16-25(26)29)28(18-21-7-3-1-4-8-21)30-19-22-9-5-2-6-10-22/h1-16,24,26H,18-19H2/t24-,26+/m1/s1. The van der Waals surface area contributed by atoms with E-state index in [1.165, 1.54) is 0 Å². The Labute approximate surface area is 176 Å². The molecule has 0 radical (unpaired) electrons. The number of hydrogen-bond donors (Lipinski definition) is 0. The van der Waals surface area contributed by atoms with Gasteiger partial charge in [0.2, 0.25) is 0 Å². The van der Waals surface area contributed by atoms with E-state index < -0.39 is 0 Å². The molecule has 0 heterocycles. The summed E-state index contributed by atoms with van der Waals surface area (Å²) >= 11 is 0. The van der Waals surface area contributed by atoms with E-state index in [-0.39, 0.29) is 17.7 Å². The predicted octanol–water partition coefficient (Wildman–Crippen LogP) is 4.78. The molecular formula is C26H22N2O2. The fraction of sp³-hybridized carbons (Fsp3) is 0.154. The summed E-state index contributed by atoms with van der Waals surface area (Å²) in [5.74, 6) is -0.316. The number of hydrogen-bond acceptors (Lipinski definition) is 4. The monoisotopic (exact) mass is 394 g/mol. The minimum Gasteiger partial charge on any atom is -0.294 e. The summed E-state index contributed by atoms with van der Waals surface area (Å²) in [6.07, 6.45) is 3.55. The molecule has 2 atom stereocenters. The first kappa shape index (κ1) is 19.8. The van der Waals surface area contributed by atoms with Crippen LogP contribution in [-0.2, 0) is 22.8 Å². The van der Waals surface area contributed by atoms with Crippen LogP contribution in [0.2, 0.25) is 0 Å². The van der Waals surface area contributed by atoms with E-state index in [9.17, 15) is 4.79 Å². The molecule has 0 aliphatic heterocycles. The Morgan fingerprint density at radius 3 is 2.13 bits per heavy atom. The van der Waals surface area contributed by atoms with Crippen LogP contribution in [0.1, 0.15) is 28.2 Å². The van der Waals surface area contributed by atoms with Gasteiger partial charge in [-0.05, 0) is 34.9 Å². The minimum atomic E-state index is -0.364. The van der Waals surface area contributed by atoms with Gasteiger partial charge in [-0.25, -0.2) is 0 Å². The molecule has 1 aliphatic carbocycles. The number of allylic oxidation sites excluding steroid dienone is 1. The number of hydroxylamine groups is 2. The minimum absolute atomic E-state index is 0.0473. The highest BCUT2D eigenvalue weighted by Crippen LogP contribution is 2.32. The normalized spacial score (nSPS) is 17.9. The van der Waals surface area contributed by atoms with Crippen LogP contribution in [-0.4, -0.2) is 16.9 Å². The lowest BCUT2D eigenvalue weighted by atomic mass is 9.91.